The van der Waals surface area contributed by atoms with Gasteiger partial charge >= 0.3 is 0 Å². The summed E-state index contributed by atoms with van der Waals surface area (Å²) < 4.78 is 19.4. The molecule has 0 radical (unpaired) electrons. The molecule has 0 aliphatic rings. The van der Waals surface area contributed by atoms with Gasteiger partial charge in [0.05, 0.1) is 18.8 Å². The molecule has 0 saturated carbocycles. The molecule has 0 aliphatic heterocycles. The fourth-order valence-electron chi connectivity index (χ4n) is 1.35. The van der Waals surface area contributed by atoms with Crippen LogP contribution in [-0.2, 0) is 4.74 Å². The van der Waals surface area contributed by atoms with Crippen LogP contribution in [0.5, 0.6) is 0 Å². The summed E-state index contributed by atoms with van der Waals surface area (Å²) in [5.74, 6) is -0.968. The Morgan fingerprint density at radius 1 is 1.42 bits per heavy atom. The van der Waals surface area contributed by atoms with Crippen molar-refractivity contribution in [1.82, 2.24) is 10.2 Å². The monoisotopic (exact) mass is 332 g/mol. The second-order valence-electron chi connectivity index (χ2n) is 4.30. The average molecular weight is 333 g/mol. The topological polar surface area (TPSA) is 41.6 Å². The van der Waals surface area contributed by atoms with E-state index in [-0.39, 0.29) is 5.56 Å². The number of carbonyl (C=O) groups is 1. The van der Waals surface area contributed by atoms with Crippen LogP contribution in [0.4, 0.5) is 4.39 Å². The van der Waals surface area contributed by atoms with E-state index < -0.39 is 11.7 Å². The van der Waals surface area contributed by atoms with E-state index in [1.807, 2.05) is 19.0 Å². The molecule has 1 aromatic rings. The Balaban J connectivity index is 2.29. The second-order valence-corrected chi connectivity index (χ2v) is 5.21. The summed E-state index contributed by atoms with van der Waals surface area (Å²) in [7, 11) is 3.92. The lowest BCUT2D eigenvalue weighted by atomic mass is 10.2. The van der Waals surface area contributed by atoms with E-state index in [1.165, 1.54) is 12.1 Å². The van der Waals surface area contributed by atoms with E-state index in [4.69, 9.17) is 4.74 Å². The molecule has 1 aromatic carbocycles. The van der Waals surface area contributed by atoms with Gasteiger partial charge in [-0.25, -0.2) is 4.39 Å². The van der Waals surface area contributed by atoms with Gasteiger partial charge in [0, 0.05) is 17.6 Å². The van der Waals surface area contributed by atoms with Crippen molar-refractivity contribution in [3.05, 3.63) is 34.1 Å². The normalized spacial score (nSPS) is 10.8. The maximum absolute atomic E-state index is 13.4. The lowest BCUT2D eigenvalue weighted by Gasteiger charge is -2.10. The van der Waals surface area contributed by atoms with Gasteiger partial charge in [-0.2, -0.15) is 0 Å². The van der Waals surface area contributed by atoms with Crippen LogP contribution < -0.4 is 5.32 Å². The number of hydrogen-bond acceptors (Lipinski definition) is 3. The van der Waals surface area contributed by atoms with Crippen LogP contribution in [0.1, 0.15) is 10.4 Å². The second kappa shape index (κ2) is 8.24. The van der Waals surface area contributed by atoms with Crippen LogP contribution in [-0.4, -0.2) is 51.2 Å². The van der Waals surface area contributed by atoms with Crippen molar-refractivity contribution in [2.45, 2.75) is 0 Å². The maximum Gasteiger partial charge on any atom is 0.254 e. The highest BCUT2D eigenvalue weighted by atomic mass is 79.9. The van der Waals surface area contributed by atoms with Gasteiger partial charge in [0.2, 0.25) is 0 Å². The molecule has 1 rings (SSSR count). The summed E-state index contributed by atoms with van der Waals surface area (Å²) in [5.41, 5.74) is 0.0302. The number of amides is 1. The first-order chi connectivity index (χ1) is 9.00. The lowest BCUT2D eigenvalue weighted by Crippen LogP contribution is -2.29. The molecule has 0 unspecified atom stereocenters. The molecule has 6 heteroatoms. The van der Waals surface area contributed by atoms with Gasteiger partial charge in [0.25, 0.3) is 5.91 Å². The van der Waals surface area contributed by atoms with Crippen molar-refractivity contribution >= 4 is 21.8 Å². The number of benzene rings is 1. The minimum atomic E-state index is -0.533. The quantitative estimate of drug-likeness (QED) is 0.775. The van der Waals surface area contributed by atoms with E-state index in [1.54, 1.807) is 6.07 Å². The van der Waals surface area contributed by atoms with Gasteiger partial charge in [-0.15, -0.1) is 0 Å². The summed E-state index contributed by atoms with van der Waals surface area (Å²) >= 11 is 3.20. The zero-order chi connectivity index (χ0) is 14.3. The predicted molar refractivity (Wildman–Crippen MR) is 75.8 cm³/mol. The maximum atomic E-state index is 13.4. The Morgan fingerprint density at radius 3 is 2.84 bits per heavy atom. The van der Waals surface area contributed by atoms with Crippen LogP contribution >= 0.6 is 15.9 Å². The molecule has 106 valence electrons. The molecule has 0 fully saturated rings. The van der Waals surface area contributed by atoms with E-state index in [2.05, 4.69) is 21.2 Å². The Bertz CT molecular complexity index is 427. The molecule has 0 atom stereocenters. The van der Waals surface area contributed by atoms with Gasteiger partial charge < -0.3 is 15.0 Å². The minimum Gasteiger partial charge on any atom is -0.378 e. The highest BCUT2D eigenvalue weighted by Gasteiger charge is 2.11. The number of rotatable bonds is 7. The third-order valence-electron chi connectivity index (χ3n) is 2.39. The highest BCUT2D eigenvalue weighted by molar-refractivity contribution is 9.10. The number of ether oxygens (including phenoxy) is 1. The van der Waals surface area contributed by atoms with Gasteiger partial charge in [-0.1, -0.05) is 15.9 Å². The third kappa shape index (κ3) is 6.13. The summed E-state index contributed by atoms with van der Waals surface area (Å²) in [6.07, 6.45) is 0. The first kappa shape index (κ1) is 16.1. The molecule has 0 saturated heterocycles. The van der Waals surface area contributed by atoms with E-state index in [0.717, 1.165) is 6.54 Å². The van der Waals surface area contributed by atoms with Crippen LogP contribution in [0.15, 0.2) is 22.7 Å². The molecule has 1 N–H and O–H groups in total. The molecule has 19 heavy (non-hydrogen) atoms. The number of likely N-dealkylation sites (N-methyl/N-ethyl adjacent to an activating group) is 1. The number of nitrogens with zero attached hydrogens (tertiary/aromatic N) is 1. The summed E-state index contributed by atoms with van der Waals surface area (Å²) in [6, 6.07) is 4.26. The van der Waals surface area contributed by atoms with Crippen molar-refractivity contribution in [2.75, 3.05) is 40.4 Å². The first-order valence-electron chi connectivity index (χ1n) is 5.96. The number of halogens is 2. The largest absolute Gasteiger partial charge is 0.378 e. The smallest absolute Gasteiger partial charge is 0.254 e. The van der Waals surface area contributed by atoms with Crippen LogP contribution in [0.3, 0.4) is 0 Å². The minimum absolute atomic E-state index is 0.0302. The van der Waals surface area contributed by atoms with Crippen molar-refractivity contribution in [2.24, 2.45) is 0 Å². The SMILES string of the molecule is CN(C)CCOCCNC(=O)c1cc(Br)ccc1F. The highest BCUT2D eigenvalue weighted by Crippen LogP contribution is 2.15. The Morgan fingerprint density at radius 2 is 2.16 bits per heavy atom. The molecule has 1 amide bonds. The van der Waals surface area contributed by atoms with E-state index >= 15 is 0 Å². The van der Waals surface area contributed by atoms with Crippen molar-refractivity contribution < 1.29 is 13.9 Å². The summed E-state index contributed by atoms with van der Waals surface area (Å²) in [6.45, 7) is 2.20. The molecule has 0 spiro atoms. The van der Waals surface area contributed by atoms with E-state index in [9.17, 15) is 9.18 Å². The first-order valence-corrected chi connectivity index (χ1v) is 6.75. The summed E-state index contributed by atoms with van der Waals surface area (Å²) in [5, 5.41) is 2.62. The predicted octanol–water partition coefficient (Wildman–Crippen LogP) is 1.90. The average Bonchev–Trinajstić information content (AvgIpc) is 2.36. The Hall–Kier alpha value is -0.980. The van der Waals surface area contributed by atoms with Gasteiger partial charge in [0.1, 0.15) is 5.82 Å². The zero-order valence-corrected chi connectivity index (χ0v) is 12.7. The molecule has 0 heterocycles. The zero-order valence-electron chi connectivity index (χ0n) is 11.1. The lowest BCUT2D eigenvalue weighted by molar-refractivity contribution is 0.0896. The number of hydrogen-bond donors (Lipinski definition) is 1. The number of carbonyl (C=O) groups excluding carboxylic acids is 1. The molecule has 0 aliphatic carbocycles. The van der Waals surface area contributed by atoms with Gasteiger partial charge in [0.15, 0.2) is 0 Å². The van der Waals surface area contributed by atoms with Gasteiger partial charge in [-0.05, 0) is 32.3 Å². The fourth-order valence-corrected chi connectivity index (χ4v) is 1.71. The molecular formula is C13H18BrFN2O2. The van der Waals surface area contributed by atoms with Crippen molar-refractivity contribution in [3.63, 3.8) is 0 Å². The number of nitrogens with one attached hydrogen (secondary N) is 1. The van der Waals surface area contributed by atoms with Crippen LogP contribution in [0, 0.1) is 5.82 Å². The van der Waals surface area contributed by atoms with Crippen molar-refractivity contribution in [1.29, 1.82) is 0 Å². The molecule has 0 aromatic heterocycles. The molecular weight excluding hydrogens is 315 g/mol. The third-order valence-corrected chi connectivity index (χ3v) is 2.88. The van der Waals surface area contributed by atoms with Crippen molar-refractivity contribution in [3.8, 4) is 0 Å². The van der Waals surface area contributed by atoms with Crippen LogP contribution in [0.2, 0.25) is 0 Å². The fraction of sp³-hybridized carbons (Fsp3) is 0.462. The molecule has 4 nitrogen and oxygen atoms in total. The van der Waals surface area contributed by atoms with Gasteiger partial charge in [-0.3, -0.25) is 4.79 Å². The summed E-state index contributed by atoms with van der Waals surface area (Å²) in [4.78, 5) is 13.7. The molecule has 0 bridgehead atoms. The Kier molecular flexibility index (Phi) is 6.97. The van der Waals surface area contributed by atoms with Crippen LogP contribution in [0.25, 0.3) is 0 Å². The van der Waals surface area contributed by atoms with E-state index in [0.29, 0.717) is 24.2 Å². The standard InChI is InChI=1S/C13H18BrFN2O2/c1-17(2)6-8-19-7-5-16-13(18)11-9-10(14)3-4-12(11)15/h3-4,9H,5-8H2,1-2H3,(H,16,18). The Labute approximate surface area is 121 Å².